The van der Waals surface area contributed by atoms with E-state index in [1.54, 1.807) is 23.7 Å². The van der Waals surface area contributed by atoms with Crippen LogP contribution in [0, 0.1) is 12.7 Å². The molecule has 0 radical (unpaired) electrons. The Labute approximate surface area is 145 Å². The van der Waals surface area contributed by atoms with Gasteiger partial charge in [-0.2, -0.15) is 5.10 Å². The summed E-state index contributed by atoms with van der Waals surface area (Å²) in [5.74, 6) is -1.30. The SMILES string of the molecule is Cc1c(C(=O)NCCCCCCC(=O)O)cnn1-c1ccc(F)cc1. The molecule has 2 N–H and O–H groups in total. The summed E-state index contributed by atoms with van der Waals surface area (Å²) in [5.41, 5.74) is 1.86. The lowest BCUT2D eigenvalue weighted by molar-refractivity contribution is -0.137. The Bertz CT molecular complexity index is 726. The van der Waals surface area contributed by atoms with Crippen LogP contribution in [0.2, 0.25) is 0 Å². The summed E-state index contributed by atoms with van der Waals surface area (Å²) >= 11 is 0. The van der Waals surface area contributed by atoms with Crippen LogP contribution in [0.15, 0.2) is 30.5 Å². The maximum atomic E-state index is 13.0. The summed E-state index contributed by atoms with van der Waals surface area (Å²) in [6.45, 7) is 2.32. The lowest BCUT2D eigenvalue weighted by atomic mass is 10.1. The Hall–Kier alpha value is -2.70. The average Bonchev–Trinajstić information content (AvgIpc) is 2.96. The number of aliphatic carboxylic acids is 1. The van der Waals surface area contributed by atoms with Crippen molar-refractivity contribution in [1.29, 1.82) is 0 Å². The molecule has 0 unspecified atom stereocenters. The molecule has 1 aromatic heterocycles. The Morgan fingerprint density at radius 2 is 1.84 bits per heavy atom. The number of carbonyl (C=O) groups is 2. The maximum Gasteiger partial charge on any atom is 0.303 e. The lowest BCUT2D eigenvalue weighted by Gasteiger charge is -2.07. The average molecular weight is 347 g/mol. The Morgan fingerprint density at radius 3 is 2.52 bits per heavy atom. The van der Waals surface area contributed by atoms with E-state index in [9.17, 15) is 14.0 Å². The number of amides is 1. The fraction of sp³-hybridized carbons (Fsp3) is 0.389. The van der Waals surface area contributed by atoms with Gasteiger partial charge in [0.2, 0.25) is 0 Å². The third-order valence-corrected chi connectivity index (χ3v) is 3.93. The maximum absolute atomic E-state index is 13.0. The predicted octanol–water partition coefficient (Wildman–Crippen LogP) is 3.08. The molecule has 2 rings (SSSR count). The molecule has 6 nitrogen and oxygen atoms in total. The molecule has 0 saturated heterocycles. The second kappa shape index (κ2) is 8.96. The van der Waals surface area contributed by atoms with Crippen LogP contribution in [-0.2, 0) is 4.79 Å². The fourth-order valence-electron chi connectivity index (χ4n) is 2.53. The molecule has 0 atom stereocenters. The molecular formula is C18H22FN3O3. The van der Waals surface area contributed by atoms with Crippen LogP contribution in [0.5, 0.6) is 0 Å². The van der Waals surface area contributed by atoms with Crippen molar-refractivity contribution in [3.05, 3.63) is 47.5 Å². The first-order valence-electron chi connectivity index (χ1n) is 8.29. The van der Waals surface area contributed by atoms with Gasteiger partial charge in [0.15, 0.2) is 0 Å². The monoisotopic (exact) mass is 347 g/mol. The van der Waals surface area contributed by atoms with Crippen molar-refractivity contribution < 1.29 is 19.1 Å². The van der Waals surface area contributed by atoms with E-state index in [0.29, 0.717) is 29.9 Å². The van der Waals surface area contributed by atoms with E-state index in [2.05, 4.69) is 10.4 Å². The molecule has 25 heavy (non-hydrogen) atoms. The van der Waals surface area contributed by atoms with Crippen molar-refractivity contribution in [3.8, 4) is 5.69 Å². The standard InChI is InChI=1S/C18H22FN3O3/c1-13-16(12-21-22(13)15-9-7-14(19)8-10-15)18(25)20-11-5-3-2-4-6-17(23)24/h7-10,12H,2-6,11H2,1H3,(H,20,25)(H,23,24). The topological polar surface area (TPSA) is 84.2 Å². The fourth-order valence-corrected chi connectivity index (χ4v) is 2.53. The highest BCUT2D eigenvalue weighted by Gasteiger charge is 2.14. The van der Waals surface area contributed by atoms with Crippen LogP contribution in [0.25, 0.3) is 5.69 Å². The van der Waals surface area contributed by atoms with Gasteiger partial charge >= 0.3 is 5.97 Å². The number of aromatic nitrogens is 2. The molecule has 1 aromatic carbocycles. The second-order valence-corrected chi connectivity index (χ2v) is 5.85. The van der Waals surface area contributed by atoms with Gasteiger partial charge < -0.3 is 10.4 Å². The normalized spacial score (nSPS) is 10.6. The summed E-state index contributed by atoms with van der Waals surface area (Å²) in [7, 11) is 0. The minimum atomic E-state index is -0.776. The van der Waals surface area contributed by atoms with E-state index >= 15 is 0 Å². The van der Waals surface area contributed by atoms with E-state index in [4.69, 9.17) is 5.11 Å². The number of nitrogens with one attached hydrogen (secondary N) is 1. The molecule has 0 saturated carbocycles. The highest BCUT2D eigenvalue weighted by atomic mass is 19.1. The van der Waals surface area contributed by atoms with Crippen molar-refractivity contribution in [2.45, 2.75) is 39.0 Å². The molecule has 0 aliphatic carbocycles. The minimum absolute atomic E-state index is 0.189. The quantitative estimate of drug-likeness (QED) is 0.683. The van der Waals surface area contributed by atoms with Gasteiger partial charge in [0, 0.05) is 13.0 Å². The van der Waals surface area contributed by atoms with Gasteiger partial charge in [-0.3, -0.25) is 9.59 Å². The van der Waals surface area contributed by atoms with Crippen molar-refractivity contribution >= 4 is 11.9 Å². The molecule has 134 valence electrons. The van der Waals surface area contributed by atoms with Gasteiger partial charge in [-0.1, -0.05) is 12.8 Å². The van der Waals surface area contributed by atoms with Crippen LogP contribution >= 0.6 is 0 Å². The number of nitrogens with zero attached hydrogens (tertiary/aromatic N) is 2. The number of carbonyl (C=O) groups excluding carboxylic acids is 1. The number of unbranched alkanes of at least 4 members (excludes halogenated alkanes) is 3. The molecule has 7 heteroatoms. The van der Waals surface area contributed by atoms with E-state index in [1.807, 2.05) is 0 Å². The molecule has 1 amide bonds. The number of hydrogen-bond acceptors (Lipinski definition) is 3. The summed E-state index contributed by atoms with van der Waals surface area (Å²) in [5, 5.41) is 15.6. The summed E-state index contributed by atoms with van der Waals surface area (Å²) in [6.07, 6.45) is 4.86. The van der Waals surface area contributed by atoms with E-state index in [0.717, 1.165) is 19.3 Å². The smallest absolute Gasteiger partial charge is 0.303 e. The highest BCUT2D eigenvalue weighted by molar-refractivity contribution is 5.95. The minimum Gasteiger partial charge on any atom is -0.481 e. The van der Waals surface area contributed by atoms with Gasteiger partial charge in [0.05, 0.1) is 23.1 Å². The summed E-state index contributed by atoms with van der Waals surface area (Å²) < 4.78 is 14.6. The Morgan fingerprint density at radius 1 is 1.16 bits per heavy atom. The van der Waals surface area contributed by atoms with Crippen molar-refractivity contribution in [2.75, 3.05) is 6.54 Å². The van der Waals surface area contributed by atoms with Crippen LogP contribution in [-0.4, -0.2) is 33.3 Å². The zero-order valence-electron chi connectivity index (χ0n) is 14.2. The van der Waals surface area contributed by atoms with Crippen molar-refractivity contribution in [2.24, 2.45) is 0 Å². The van der Waals surface area contributed by atoms with Crippen LogP contribution in [0.4, 0.5) is 4.39 Å². The number of carboxylic acids is 1. The van der Waals surface area contributed by atoms with Crippen molar-refractivity contribution in [1.82, 2.24) is 15.1 Å². The zero-order valence-corrected chi connectivity index (χ0v) is 14.2. The highest BCUT2D eigenvalue weighted by Crippen LogP contribution is 2.14. The first kappa shape index (κ1) is 18.6. The van der Waals surface area contributed by atoms with E-state index in [-0.39, 0.29) is 18.1 Å². The summed E-state index contributed by atoms with van der Waals surface area (Å²) in [6, 6.07) is 5.91. The van der Waals surface area contributed by atoms with Gasteiger partial charge in [-0.25, -0.2) is 9.07 Å². The van der Waals surface area contributed by atoms with Gasteiger partial charge in [-0.15, -0.1) is 0 Å². The van der Waals surface area contributed by atoms with Gasteiger partial charge in [-0.05, 0) is 44.0 Å². The van der Waals surface area contributed by atoms with Gasteiger partial charge in [0.25, 0.3) is 5.91 Å². The Balaban J connectivity index is 1.82. The Kier molecular flexibility index (Phi) is 6.68. The molecule has 0 aliphatic heterocycles. The van der Waals surface area contributed by atoms with Gasteiger partial charge in [0.1, 0.15) is 5.82 Å². The molecule has 2 aromatic rings. The molecule has 0 bridgehead atoms. The van der Waals surface area contributed by atoms with E-state index < -0.39 is 5.97 Å². The van der Waals surface area contributed by atoms with Crippen LogP contribution in [0.3, 0.4) is 0 Å². The molecule has 0 spiro atoms. The first-order chi connectivity index (χ1) is 12.0. The summed E-state index contributed by atoms with van der Waals surface area (Å²) in [4.78, 5) is 22.6. The zero-order chi connectivity index (χ0) is 18.2. The van der Waals surface area contributed by atoms with Crippen LogP contribution < -0.4 is 5.32 Å². The molecule has 0 aliphatic rings. The molecule has 0 fully saturated rings. The first-order valence-corrected chi connectivity index (χ1v) is 8.29. The number of benzene rings is 1. The predicted molar refractivity (Wildman–Crippen MR) is 91.3 cm³/mol. The van der Waals surface area contributed by atoms with Crippen LogP contribution in [0.1, 0.15) is 48.2 Å². The molecular weight excluding hydrogens is 325 g/mol. The second-order valence-electron chi connectivity index (χ2n) is 5.85. The largest absolute Gasteiger partial charge is 0.481 e. The lowest BCUT2D eigenvalue weighted by Crippen LogP contribution is -2.24. The molecule has 1 heterocycles. The van der Waals surface area contributed by atoms with E-state index in [1.165, 1.54) is 18.3 Å². The number of halogens is 1. The van der Waals surface area contributed by atoms with Crippen molar-refractivity contribution in [3.63, 3.8) is 0 Å². The number of rotatable bonds is 9. The number of hydrogen-bond donors (Lipinski definition) is 2. The third-order valence-electron chi connectivity index (χ3n) is 3.93. The number of carboxylic acid groups (broad SMARTS) is 1. The third kappa shape index (κ3) is 5.41.